The van der Waals surface area contributed by atoms with Crippen LogP contribution in [0.1, 0.15) is 11.8 Å². The van der Waals surface area contributed by atoms with Crippen LogP contribution in [0.3, 0.4) is 0 Å². The summed E-state index contributed by atoms with van der Waals surface area (Å²) in [4.78, 5) is 16.1. The Bertz CT molecular complexity index is 923. The van der Waals surface area contributed by atoms with Gasteiger partial charge in [-0.2, -0.15) is 0 Å². The smallest absolute Gasteiger partial charge is 0.237 e. The normalized spacial score (nSPS) is 15.3. The molecule has 0 aliphatic carbocycles. The van der Waals surface area contributed by atoms with Crippen molar-refractivity contribution >= 4 is 40.4 Å². The summed E-state index contributed by atoms with van der Waals surface area (Å²) in [5.74, 6) is -0.0835. The van der Waals surface area contributed by atoms with E-state index in [1.807, 2.05) is 48.7 Å². The fourth-order valence-corrected chi connectivity index (χ4v) is 4.44. The van der Waals surface area contributed by atoms with Crippen LogP contribution >= 0.6 is 23.1 Å². The molecule has 1 atom stereocenters. The number of hydrogen-bond donors (Lipinski definition) is 1. The molecule has 1 aliphatic rings. The number of ether oxygens (including phenoxy) is 1. The lowest BCUT2D eigenvalue weighted by Crippen LogP contribution is -2.36. The Morgan fingerprint density at radius 2 is 2.07 bits per heavy atom. The van der Waals surface area contributed by atoms with E-state index in [1.165, 1.54) is 11.8 Å². The molecule has 1 aliphatic heterocycles. The molecule has 0 spiro atoms. The SMILES string of the molecule is CC(Sc1nnnn1Cc1cccs1)C(=O)Nc1ccc(N2CCOCC2)cc1. The van der Waals surface area contributed by atoms with Gasteiger partial charge < -0.3 is 15.0 Å². The third kappa shape index (κ3) is 5.14. The maximum atomic E-state index is 12.6. The van der Waals surface area contributed by atoms with Crippen LogP contribution in [0.2, 0.25) is 0 Å². The second kappa shape index (κ2) is 9.38. The highest BCUT2D eigenvalue weighted by atomic mass is 32.2. The van der Waals surface area contributed by atoms with E-state index in [9.17, 15) is 4.79 Å². The Morgan fingerprint density at radius 3 is 2.79 bits per heavy atom. The van der Waals surface area contributed by atoms with Crippen molar-refractivity contribution in [3.63, 3.8) is 0 Å². The third-order valence-corrected chi connectivity index (χ3v) is 6.48. The highest BCUT2D eigenvalue weighted by Gasteiger charge is 2.19. The lowest BCUT2D eigenvalue weighted by atomic mass is 10.2. The zero-order valence-corrected chi connectivity index (χ0v) is 17.7. The van der Waals surface area contributed by atoms with Gasteiger partial charge in [-0.1, -0.05) is 17.8 Å². The number of thioether (sulfide) groups is 1. The molecule has 1 aromatic carbocycles. The van der Waals surface area contributed by atoms with Crippen molar-refractivity contribution < 1.29 is 9.53 Å². The van der Waals surface area contributed by atoms with Crippen LogP contribution in [0.25, 0.3) is 0 Å². The largest absolute Gasteiger partial charge is 0.378 e. The van der Waals surface area contributed by atoms with Crippen LogP contribution in [0.15, 0.2) is 46.9 Å². The summed E-state index contributed by atoms with van der Waals surface area (Å²) in [6.45, 7) is 5.73. The van der Waals surface area contributed by atoms with Gasteiger partial charge in [-0.05, 0) is 53.1 Å². The summed E-state index contributed by atoms with van der Waals surface area (Å²) in [6, 6.07) is 12.0. The summed E-state index contributed by atoms with van der Waals surface area (Å²) in [6.07, 6.45) is 0. The molecular weight excluding hydrogens is 408 g/mol. The molecule has 29 heavy (non-hydrogen) atoms. The monoisotopic (exact) mass is 430 g/mol. The highest BCUT2D eigenvalue weighted by Crippen LogP contribution is 2.24. The Morgan fingerprint density at radius 1 is 1.28 bits per heavy atom. The zero-order valence-electron chi connectivity index (χ0n) is 16.0. The molecular formula is C19H22N6O2S2. The molecule has 152 valence electrons. The number of tetrazole rings is 1. The Hall–Kier alpha value is -2.43. The van der Waals surface area contributed by atoms with Crippen LogP contribution in [-0.4, -0.2) is 57.7 Å². The molecule has 1 fully saturated rings. The topological polar surface area (TPSA) is 85.2 Å². The molecule has 3 heterocycles. The molecule has 0 bridgehead atoms. The lowest BCUT2D eigenvalue weighted by molar-refractivity contribution is -0.115. The van der Waals surface area contributed by atoms with Gasteiger partial charge in [0.2, 0.25) is 11.1 Å². The number of nitrogens with zero attached hydrogens (tertiary/aromatic N) is 5. The van der Waals surface area contributed by atoms with Crippen molar-refractivity contribution in [3.05, 3.63) is 46.7 Å². The number of benzene rings is 1. The minimum Gasteiger partial charge on any atom is -0.378 e. The van der Waals surface area contributed by atoms with E-state index >= 15 is 0 Å². The molecule has 1 amide bonds. The molecule has 8 nitrogen and oxygen atoms in total. The van der Waals surface area contributed by atoms with Crippen LogP contribution in [-0.2, 0) is 16.1 Å². The van der Waals surface area contributed by atoms with Crippen LogP contribution in [0.5, 0.6) is 0 Å². The molecule has 1 saturated heterocycles. The maximum absolute atomic E-state index is 12.6. The second-order valence-corrected chi connectivity index (χ2v) is 8.93. The predicted octanol–water partition coefficient (Wildman–Crippen LogP) is 2.74. The van der Waals surface area contributed by atoms with Gasteiger partial charge >= 0.3 is 0 Å². The molecule has 0 radical (unpaired) electrons. The Balaban J connectivity index is 1.33. The molecule has 4 rings (SSSR count). The number of morpholine rings is 1. The average molecular weight is 431 g/mol. The van der Waals surface area contributed by atoms with E-state index < -0.39 is 0 Å². The van der Waals surface area contributed by atoms with Gasteiger partial charge in [0, 0.05) is 29.3 Å². The first kappa shape index (κ1) is 19.9. The molecule has 0 saturated carbocycles. The van der Waals surface area contributed by atoms with E-state index in [1.54, 1.807) is 16.0 Å². The van der Waals surface area contributed by atoms with Gasteiger partial charge in [0.05, 0.1) is 25.0 Å². The number of carbonyl (C=O) groups excluding carboxylic acids is 1. The molecule has 1 N–H and O–H groups in total. The predicted molar refractivity (Wildman–Crippen MR) is 115 cm³/mol. The van der Waals surface area contributed by atoms with Gasteiger partial charge in [-0.3, -0.25) is 4.79 Å². The summed E-state index contributed by atoms with van der Waals surface area (Å²) in [5, 5.41) is 17.1. The van der Waals surface area contributed by atoms with Crippen LogP contribution in [0, 0.1) is 0 Å². The number of hydrogen-bond acceptors (Lipinski definition) is 8. The number of rotatable bonds is 7. The fraction of sp³-hybridized carbons (Fsp3) is 0.368. The van der Waals surface area contributed by atoms with Crippen molar-refractivity contribution in [1.82, 2.24) is 20.2 Å². The fourth-order valence-electron chi connectivity index (χ4n) is 2.96. The van der Waals surface area contributed by atoms with Gasteiger partial charge in [-0.25, -0.2) is 4.68 Å². The molecule has 2 aromatic heterocycles. The number of amides is 1. The summed E-state index contributed by atoms with van der Waals surface area (Å²) >= 11 is 3.00. The van der Waals surface area contributed by atoms with Crippen molar-refractivity contribution in [2.75, 3.05) is 36.5 Å². The first-order chi connectivity index (χ1) is 14.2. The highest BCUT2D eigenvalue weighted by molar-refractivity contribution is 8.00. The van der Waals surface area contributed by atoms with Crippen LogP contribution in [0.4, 0.5) is 11.4 Å². The van der Waals surface area contributed by atoms with E-state index in [2.05, 4.69) is 25.7 Å². The van der Waals surface area contributed by atoms with Gasteiger partial charge in [0.1, 0.15) is 0 Å². The number of carbonyl (C=O) groups is 1. The minimum atomic E-state index is -0.331. The van der Waals surface area contributed by atoms with Gasteiger partial charge in [0.25, 0.3) is 0 Å². The summed E-state index contributed by atoms with van der Waals surface area (Å²) < 4.78 is 7.11. The van der Waals surface area contributed by atoms with Crippen molar-refractivity contribution in [2.45, 2.75) is 23.9 Å². The minimum absolute atomic E-state index is 0.0835. The first-order valence-electron chi connectivity index (χ1n) is 9.38. The van der Waals surface area contributed by atoms with E-state index in [0.717, 1.165) is 42.6 Å². The number of aromatic nitrogens is 4. The van der Waals surface area contributed by atoms with E-state index in [0.29, 0.717) is 11.7 Å². The standard InChI is InChI=1S/C19H22N6O2S2/c1-14(29-19-21-22-23-25(19)13-17-3-2-12-28-17)18(26)20-15-4-6-16(7-5-15)24-8-10-27-11-9-24/h2-7,12,14H,8-11,13H2,1H3,(H,20,26). The van der Waals surface area contributed by atoms with Gasteiger partial charge in [0.15, 0.2) is 0 Å². The summed E-state index contributed by atoms with van der Waals surface area (Å²) in [5.41, 5.74) is 1.92. The van der Waals surface area contributed by atoms with Crippen molar-refractivity contribution in [3.8, 4) is 0 Å². The summed E-state index contributed by atoms with van der Waals surface area (Å²) in [7, 11) is 0. The zero-order chi connectivity index (χ0) is 20.1. The maximum Gasteiger partial charge on any atom is 0.237 e. The average Bonchev–Trinajstić information content (AvgIpc) is 3.42. The number of anilines is 2. The van der Waals surface area contributed by atoms with Crippen LogP contribution < -0.4 is 10.2 Å². The number of thiophene rings is 1. The quantitative estimate of drug-likeness (QED) is 0.577. The van der Waals surface area contributed by atoms with Crippen molar-refractivity contribution in [2.24, 2.45) is 0 Å². The van der Waals surface area contributed by atoms with Crippen molar-refractivity contribution in [1.29, 1.82) is 0 Å². The van der Waals surface area contributed by atoms with E-state index in [-0.39, 0.29) is 11.2 Å². The lowest BCUT2D eigenvalue weighted by Gasteiger charge is -2.28. The Labute approximate surface area is 177 Å². The molecule has 3 aromatic rings. The van der Waals surface area contributed by atoms with Gasteiger partial charge in [-0.15, -0.1) is 16.4 Å². The second-order valence-electron chi connectivity index (χ2n) is 6.59. The van der Waals surface area contributed by atoms with E-state index in [4.69, 9.17) is 4.74 Å². The number of nitrogens with one attached hydrogen (secondary N) is 1. The molecule has 1 unspecified atom stereocenters. The first-order valence-corrected chi connectivity index (χ1v) is 11.1. The Kier molecular flexibility index (Phi) is 6.43. The molecule has 10 heteroatoms. The third-order valence-electron chi connectivity index (χ3n) is 4.55.